The van der Waals surface area contributed by atoms with Gasteiger partial charge in [-0.1, -0.05) is 0 Å². The third kappa shape index (κ3) is 3.64. The van der Waals surface area contributed by atoms with Gasteiger partial charge in [0.05, 0.1) is 31.5 Å². The molecule has 0 aromatic carbocycles. The van der Waals surface area contributed by atoms with Gasteiger partial charge in [-0.05, 0) is 31.9 Å². The Hall–Kier alpha value is -2.25. The van der Waals surface area contributed by atoms with Gasteiger partial charge in [0.15, 0.2) is 0 Å². The number of nitrogens with zero attached hydrogens (tertiary/aromatic N) is 4. The van der Waals surface area contributed by atoms with E-state index in [4.69, 9.17) is 9.15 Å². The number of morpholine rings is 1. The molecule has 7 heteroatoms. The lowest BCUT2D eigenvalue weighted by Gasteiger charge is -2.47. The molecule has 2 aromatic heterocycles. The van der Waals surface area contributed by atoms with Crippen LogP contribution < -0.4 is 0 Å². The Morgan fingerprint density at radius 2 is 2.08 bits per heavy atom. The minimum absolute atomic E-state index is 0.0609. The average molecular weight is 356 g/mol. The monoisotopic (exact) mass is 356 g/mol. The van der Waals surface area contributed by atoms with E-state index in [-0.39, 0.29) is 11.5 Å². The van der Waals surface area contributed by atoms with E-state index in [9.17, 15) is 4.79 Å². The van der Waals surface area contributed by atoms with Crippen LogP contribution in [0.5, 0.6) is 0 Å². The zero-order chi connectivity index (χ0) is 18.0. The van der Waals surface area contributed by atoms with Gasteiger partial charge < -0.3 is 14.1 Å². The molecule has 2 saturated heterocycles. The standard InChI is InChI=1S/C19H24N4O3/c1-15-2-3-16(26-15)13-22-8-4-19(5-9-22)14-23(10-11-25-19)18(24)17-12-20-6-7-21-17/h2-3,6-7,12H,4-5,8-11,13-14H2,1H3. The van der Waals surface area contributed by atoms with Crippen molar-refractivity contribution >= 4 is 5.91 Å². The predicted octanol–water partition coefficient (Wildman–Crippen LogP) is 1.89. The number of furan rings is 1. The number of hydrogen-bond donors (Lipinski definition) is 0. The third-order valence-corrected chi connectivity index (χ3v) is 5.26. The molecular weight excluding hydrogens is 332 g/mol. The minimum atomic E-state index is -0.244. The molecule has 4 rings (SSSR count). The first kappa shape index (κ1) is 17.2. The van der Waals surface area contributed by atoms with Crippen molar-refractivity contribution < 1.29 is 13.9 Å². The van der Waals surface area contributed by atoms with E-state index in [1.807, 2.05) is 24.0 Å². The lowest BCUT2D eigenvalue weighted by molar-refractivity contribution is -0.128. The van der Waals surface area contributed by atoms with Gasteiger partial charge in [0, 0.05) is 32.0 Å². The molecule has 2 aliphatic rings. The van der Waals surface area contributed by atoms with Crippen LogP contribution in [0, 0.1) is 6.92 Å². The number of carbonyl (C=O) groups is 1. The minimum Gasteiger partial charge on any atom is -0.465 e. The van der Waals surface area contributed by atoms with Crippen LogP contribution in [0.2, 0.25) is 0 Å². The molecule has 1 spiro atoms. The van der Waals surface area contributed by atoms with Gasteiger partial charge in [-0.3, -0.25) is 14.7 Å². The highest BCUT2D eigenvalue weighted by Crippen LogP contribution is 2.31. The summed E-state index contributed by atoms with van der Waals surface area (Å²) in [4.78, 5) is 25.1. The van der Waals surface area contributed by atoms with Crippen molar-refractivity contribution in [3.63, 3.8) is 0 Å². The normalized spacial score (nSPS) is 20.4. The zero-order valence-electron chi connectivity index (χ0n) is 15.1. The molecule has 0 bridgehead atoms. The number of rotatable bonds is 3. The summed E-state index contributed by atoms with van der Waals surface area (Å²) in [6.45, 7) is 6.46. The fourth-order valence-corrected chi connectivity index (χ4v) is 3.80. The molecule has 26 heavy (non-hydrogen) atoms. The van der Waals surface area contributed by atoms with Gasteiger partial charge in [-0.25, -0.2) is 4.98 Å². The summed E-state index contributed by atoms with van der Waals surface area (Å²) in [5.74, 6) is 1.89. The quantitative estimate of drug-likeness (QED) is 0.836. The first-order chi connectivity index (χ1) is 12.6. The van der Waals surface area contributed by atoms with Crippen molar-refractivity contribution in [3.05, 3.63) is 47.9 Å². The Balaban J connectivity index is 1.36. The number of ether oxygens (including phenoxy) is 1. The highest BCUT2D eigenvalue weighted by molar-refractivity contribution is 5.92. The fourth-order valence-electron chi connectivity index (χ4n) is 3.80. The number of aromatic nitrogens is 2. The summed E-state index contributed by atoms with van der Waals surface area (Å²) in [7, 11) is 0. The number of amides is 1. The summed E-state index contributed by atoms with van der Waals surface area (Å²) in [5, 5.41) is 0. The van der Waals surface area contributed by atoms with Gasteiger partial charge >= 0.3 is 0 Å². The molecule has 2 aromatic rings. The number of aryl methyl sites for hydroxylation is 1. The molecule has 0 aliphatic carbocycles. The van der Waals surface area contributed by atoms with Crippen molar-refractivity contribution in [1.82, 2.24) is 19.8 Å². The third-order valence-electron chi connectivity index (χ3n) is 5.26. The molecule has 0 N–H and O–H groups in total. The summed E-state index contributed by atoms with van der Waals surface area (Å²) >= 11 is 0. The molecule has 0 atom stereocenters. The summed E-state index contributed by atoms with van der Waals surface area (Å²) < 4.78 is 11.8. The molecule has 2 fully saturated rings. The number of likely N-dealkylation sites (tertiary alicyclic amines) is 1. The highest BCUT2D eigenvalue weighted by atomic mass is 16.5. The van der Waals surface area contributed by atoms with Crippen molar-refractivity contribution in [3.8, 4) is 0 Å². The maximum atomic E-state index is 12.7. The zero-order valence-corrected chi connectivity index (χ0v) is 15.1. The Morgan fingerprint density at radius 3 is 2.77 bits per heavy atom. The number of hydrogen-bond acceptors (Lipinski definition) is 6. The van der Waals surface area contributed by atoms with Crippen LogP contribution in [-0.4, -0.2) is 64.1 Å². The Labute approximate surface area is 153 Å². The van der Waals surface area contributed by atoms with E-state index in [2.05, 4.69) is 14.9 Å². The highest BCUT2D eigenvalue weighted by Gasteiger charge is 2.41. The molecule has 0 unspecified atom stereocenters. The number of carbonyl (C=O) groups excluding carboxylic acids is 1. The summed E-state index contributed by atoms with van der Waals surface area (Å²) in [5.41, 5.74) is 0.154. The van der Waals surface area contributed by atoms with E-state index in [0.29, 0.717) is 25.4 Å². The van der Waals surface area contributed by atoms with Gasteiger partial charge in [0.25, 0.3) is 5.91 Å². The van der Waals surface area contributed by atoms with Gasteiger partial charge in [-0.2, -0.15) is 0 Å². The van der Waals surface area contributed by atoms with E-state index >= 15 is 0 Å². The second kappa shape index (κ2) is 7.17. The molecule has 4 heterocycles. The van der Waals surface area contributed by atoms with Crippen molar-refractivity contribution in [2.45, 2.75) is 31.9 Å². The Bertz CT molecular complexity index is 753. The first-order valence-corrected chi connectivity index (χ1v) is 9.11. The average Bonchev–Trinajstić information content (AvgIpc) is 3.09. The molecular formula is C19H24N4O3. The Morgan fingerprint density at radius 1 is 1.23 bits per heavy atom. The van der Waals surface area contributed by atoms with Gasteiger partial charge in [0.1, 0.15) is 17.2 Å². The maximum Gasteiger partial charge on any atom is 0.274 e. The van der Waals surface area contributed by atoms with E-state index in [1.165, 1.54) is 6.20 Å². The van der Waals surface area contributed by atoms with Crippen LogP contribution in [0.15, 0.2) is 35.1 Å². The van der Waals surface area contributed by atoms with Crippen LogP contribution in [0.4, 0.5) is 0 Å². The topological polar surface area (TPSA) is 71.7 Å². The second-order valence-electron chi connectivity index (χ2n) is 7.14. The summed E-state index contributed by atoms with van der Waals surface area (Å²) in [6.07, 6.45) is 6.48. The molecule has 0 radical (unpaired) electrons. The van der Waals surface area contributed by atoms with Gasteiger partial charge in [-0.15, -0.1) is 0 Å². The van der Waals surface area contributed by atoms with Crippen LogP contribution in [0.25, 0.3) is 0 Å². The van der Waals surface area contributed by atoms with E-state index < -0.39 is 0 Å². The van der Waals surface area contributed by atoms with Crippen LogP contribution >= 0.6 is 0 Å². The van der Waals surface area contributed by atoms with Crippen molar-refractivity contribution in [1.29, 1.82) is 0 Å². The van der Waals surface area contributed by atoms with Gasteiger partial charge in [0.2, 0.25) is 0 Å². The van der Waals surface area contributed by atoms with Crippen LogP contribution in [0.1, 0.15) is 34.9 Å². The SMILES string of the molecule is Cc1ccc(CN2CCC3(CC2)CN(C(=O)c2cnccn2)CCO3)o1. The second-order valence-corrected chi connectivity index (χ2v) is 7.14. The van der Waals surface area contributed by atoms with Crippen molar-refractivity contribution in [2.75, 3.05) is 32.8 Å². The largest absolute Gasteiger partial charge is 0.465 e. The lowest BCUT2D eigenvalue weighted by Crippen LogP contribution is -2.58. The molecule has 7 nitrogen and oxygen atoms in total. The molecule has 1 amide bonds. The maximum absolute atomic E-state index is 12.7. The molecule has 0 saturated carbocycles. The molecule has 2 aliphatic heterocycles. The molecule has 138 valence electrons. The van der Waals surface area contributed by atoms with E-state index in [1.54, 1.807) is 12.4 Å². The Kier molecular flexibility index (Phi) is 4.74. The van der Waals surface area contributed by atoms with Crippen LogP contribution in [0.3, 0.4) is 0 Å². The van der Waals surface area contributed by atoms with E-state index in [0.717, 1.165) is 44.0 Å². The summed E-state index contributed by atoms with van der Waals surface area (Å²) in [6, 6.07) is 4.04. The lowest BCUT2D eigenvalue weighted by atomic mass is 9.89. The predicted molar refractivity (Wildman–Crippen MR) is 94.6 cm³/mol. The number of piperidine rings is 1. The van der Waals surface area contributed by atoms with Crippen LogP contribution in [-0.2, 0) is 11.3 Å². The smallest absolute Gasteiger partial charge is 0.274 e. The van der Waals surface area contributed by atoms with Crippen molar-refractivity contribution in [2.24, 2.45) is 0 Å². The first-order valence-electron chi connectivity index (χ1n) is 9.11. The fraction of sp³-hybridized carbons (Fsp3) is 0.526.